The van der Waals surface area contributed by atoms with E-state index in [1.807, 2.05) is 4.68 Å². The van der Waals surface area contributed by atoms with Gasteiger partial charge in [0.1, 0.15) is 11.3 Å². The molecule has 1 saturated carbocycles. The first-order valence-corrected chi connectivity index (χ1v) is 9.94. The van der Waals surface area contributed by atoms with Gasteiger partial charge in [0, 0.05) is 0 Å². The Morgan fingerprint density at radius 1 is 1.20 bits per heavy atom. The first kappa shape index (κ1) is 19.0. The van der Waals surface area contributed by atoms with E-state index >= 15 is 0 Å². The van der Waals surface area contributed by atoms with Crippen LogP contribution >= 0.6 is 0 Å². The highest BCUT2D eigenvalue weighted by atomic mass is 19.3. The summed E-state index contributed by atoms with van der Waals surface area (Å²) >= 11 is 0. The van der Waals surface area contributed by atoms with Gasteiger partial charge in [0.05, 0.1) is 56.2 Å². The van der Waals surface area contributed by atoms with E-state index in [2.05, 4.69) is 35.7 Å². The van der Waals surface area contributed by atoms with Crippen molar-refractivity contribution in [1.82, 2.24) is 35.0 Å². The van der Waals surface area contributed by atoms with Crippen LogP contribution in [0.4, 0.5) is 14.6 Å². The highest BCUT2D eigenvalue weighted by molar-refractivity contribution is 5.71. The van der Waals surface area contributed by atoms with E-state index < -0.39 is 13.0 Å². The lowest BCUT2D eigenvalue weighted by Gasteiger charge is -2.19. The summed E-state index contributed by atoms with van der Waals surface area (Å²) in [5.74, 6) is 1.73. The predicted octanol–water partition coefficient (Wildman–Crippen LogP) is 2.21. The zero-order chi connectivity index (χ0) is 20.7. The van der Waals surface area contributed by atoms with Crippen molar-refractivity contribution in [2.24, 2.45) is 11.8 Å². The predicted molar refractivity (Wildman–Crippen MR) is 104 cm³/mol. The second-order valence-electron chi connectivity index (χ2n) is 7.74. The second kappa shape index (κ2) is 7.71. The Hall–Kier alpha value is -2.95. The fourth-order valence-electron chi connectivity index (χ4n) is 4.67. The van der Waals surface area contributed by atoms with E-state index in [0.717, 1.165) is 25.1 Å². The number of aromatic nitrogens is 6. The molecule has 0 aromatic carbocycles. The molecular formula is C19H22F2N8O. The molecule has 158 valence electrons. The Morgan fingerprint density at radius 2 is 2.10 bits per heavy atom. The summed E-state index contributed by atoms with van der Waals surface area (Å²) in [6.07, 6.45) is 5.98. The van der Waals surface area contributed by atoms with Crippen LogP contribution in [-0.2, 0) is 0 Å². The van der Waals surface area contributed by atoms with Crippen LogP contribution < -0.4 is 15.4 Å². The number of alkyl halides is 2. The molecule has 4 atom stereocenters. The Morgan fingerprint density at radius 3 is 2.87 bits per heavy atom. The van der Waals surface area contributed by atoms with Gasteiger partial charge in [-0.15, -0.1) is 0 Å². The number of ether oxygens (including phenoxy) is 1. The van der Waals surface area contributed by atoms with Gasteiger partial charge in [-0.05, 0) is 31.2 Å². The molecule has 0 unspecified atom stereocenters. The third kappa shape index (κ3) is 3.42. The fourth-order valence-corrected chi connectivity index (χ4v) is 4.67. The Bertz CT molecular complexity index is 1030. The standard InChI is InChI=1S/C19H22F2N8O/c1-30-17-9-23-13(5-25-17)18-12-3-11(2-10(12)4-26-18)29-19-14(6-27-29)22-8-16(28-19)24-7-15(20)21/h5-6,8-12,15,18,26H,2-4,7H2,1H3,(H,24,28)/t10-,11+,12+,18+/m1/s1. The molecule has 1 aliphatic heterocycles. The van der Waals surface area contributed by atoms with E-state index in [4.69, 9.17) is 4.74 Å². The molecule has 2 aliphatic rings. The summed E-state index contributed by atoms with van der Waals surface area (Å²) in [5.41, 5.74) is 2.19. The molecule has 1 aliphatic carbocycles. The van der Waals surface area contributed by atoms with Gasteiger partial charge in [-0.25, -0.2) is 28.4 Å². The fraction of sp³-hybridized carbons (Fsp3) is 0.526. The Kier molecular flexibility index (Phi) is 4.89. The van der Waals surface area contributed by atoms with Crippen LogP contribution in [0.5, 0.6) is 5.88 Å². The van der Waals surface area contributed by atoms with Crippen LogP contribution in [0.3, 0.4) is 0 Å². The highest BCUT2D eigenvalue weighted by Gasteiger charge is 2.45. The third-order valence-electron chi connectivity index (χ3n) is 6.01. The Balaban J connectivity index is 1.36. The van der Waals surface area contributed by atoms with Gasteiger partial charge in [-0.2, -0.15) is 5.10 Å². The molecule has 5 rings (SSSR count). The summed E-state index contributed by atoms with van der Waals surface area (Å²) < 4.78 is 32.0. The number of halogens is 2. The van der Waals surface area contributed by atoms with E-state index in [1.54, 1.807) is 25.7 Å². The summed E-state index contributed by atoms with van der Waals surface area (Å²) in [7, 11) is 1.57. The number of fused-ring (bicyclic) bond motifs is 2. The number of methoxy groups -OCH3 is 1. The minimum Gasteiger partial charge on any atom is -0.480 e. The summed E-state index contributed by atoms with van der Waals surface area (Å²) in [4.78, 5) is 17.6. The number of anilines is 1. The van der Waals surface area contributed by atoms with Crippen molar-refractivity contribution in [3.8, 4) is 5.88 Å². The minimum atomic E-state index is -2.45. The SMILES string of the molecule is COc1cnc([C@H]2NC[C@H]3C[C@H](n4ncc5ncc(NCC(F)F)nc54)C[C@@H]32)cn1. The molecule has 0 bridgehead atoms. The van der Waals surface area contributed by atoms with Gasteiger partial charge >= 0.3 is 0 Å². The molecule has 0 radical (unpaired) electrons. The smallest absolute Gasteiger partial charge is 0.255 e. The van der Waals surface area contributed by atoms with Gasteiger partial charge < -0.3 is 15.4 Å². The van der Waals surface area contributed by atoms with Crippen molar-refractivity contribution < 1.29 is 13.5 Å². The maximum absolute atomic E-state index is 12.5. The summed E-state index contributed by atoms with van der Waals surface area (Å²) in [5, 5.41) is 10.7. The van der Waals surface area contributed by atoms with E-state index in [0.29, 0.717) is 34.7 Å². The van der Waals surface area contributed by atoms with Gasteiger partial charge in [-0.3, -0.25) is 4.98 Å². The quantitative estimate of drug-likeness (QED) is 0.631. The van der Waals surface area contributed by atoms with Gasteiger partial charge in [0.25, 0.3) is 6.43 Å². The maximum atomic E-state index is 12.5. The van der Waals surface area contributed by atoms with Crippen molar-refractivity contribution in [1.29, 1.82) is 0 Å². The number of rotatable bonds is 6. The lowest BCUT2D eigenvalue weighted by atomic mass is 9.92. The van der Waals surface area contributed by atoms with Crippen LogP contribution in [0.25, 0.3) is 11.2 Å². The zero-order valence-electron chi connectivity index (χ0n) is 16.4. The topological polar surface area (TPSA) is 103 Å². The number of nitrogens with one attached hydrogen (secondary N) is 2. The molecule has 2 fully saturated rings. The van der Waals surface area contributed by atoms with Crippen molar-refractivity contribution in [3.63, 3.8) is 0 Å². The van der Waals surface area contributed by atoms with E-state index in [9.17, 15) is 8.78 Å². The van der Waals surface area contributed by atoms with Gasteiger partial charge in [0.15, 0.2) is 5.65 Å². The average Bonchev–Trinajstić information content (AvgIpc) is 3.45. The molecule has 0 amide bonds. The molecule has 3 aromatic rings. The molecular weight excluding hydrogens is 394 g/mol. The Labute approximate surface area is 171 Å². The first-order valence-electron chi connectivity index (χ1n) is 9.94. The lowest BCUT2D eigenvalue weighted by Crippen LogP contribution is -2.21. The van der Waals surface area contributed by atoms with E-state index in [-0.39, 0.29) is 12.1 Å². The lowest BCUT2D eigenvalue weighted by molar-refractivity contribution is 0.163. The van der Waals surface area contributed by atoms with Crippen molar-refractivity contribution in [3.05, 3.63) is 30.5 Å². The average molecular weight is 416 g/mol. The van der Waals surface area contributed by atoms with Crippen molar-refractivity contribution in [2.75, 3.05) is 25.5 Å². The van der Waals surface area contributed by atoms with E-state index in [1.165, 1.54) is 6.20 Å². The first-order chi connectivity index (χ1) is 14.6. The third-order valence-corrected chi connectivity index (χ3v) is 6.01. The van der Waals surface area contributed by atoms with Crippen molar-refractivity contribution in [2.45, 2.75) is 31.4 Å². The maximum Gasteiger partial charge on any atom is 0.255 e. The van der Waals surface area contributed by atoms with Gasteiger partial charge in [-0.1, -0.05) is 0 Å². The summed E-state index contributed by atoms with van der Waals surface area (Å²) in [6.45, 7) is 0.448. The number of nitrogens with zero attached hydrogens (tertiary/aromatic N) is 6. The molecule has 3 aromatic heterocycles. The molecule has 0 spiro atoms. The van der Waals surface area contributed by atoms with Crippen LogP contribution in [0, 0.1) is 11.8 Å². The van der Waals surface area contributed by atoms with Crippen LogP contribution in [0.1, 0.15) is 30.6 Å². The van der Waals surface area contributed by atoms with Gasteiger partial charge in [0.2, 0.25) is 5.88 Å². The number of hydrogen-bond acceptors (Lipinski definition) is 8. The molecule has 11 heteroatoms. The van der Waals surface area contributed by atoms with Crippen molar-refractivity contribution >= 4 is 17.0 Å². The molecule has 4 heterocycles. The largest absolute Gasteiger partial charge is 0.480 e. The molecule has 1 saturated heterocycles. The molecule has 2 N–H and O–H groups in total. The summed E-state index contributed by atoms with van der Waals surface area (Å²) in [6, 6.07) is 0.308. The van der Waals surface area contributed by atoms with Crippen LogP contribution in [-0.4, -0.2) is 56.3 Å². The normalized spacial score (nSPS) is 25.7. The molecule has 30 heavy (non-hydrogen) atoms. The minimum absolute atomic E-state index is 0.134. The number of hydrogen-bond donors (Lipinski definition) is 2. The molecule has 9 nitrogen and oxygen atoms in total. The van der Waals surface area contributed by atoms with Crippen LogP contribution in [0.15, 0.2) is 24.8 Å². The zero-order valence-corrected chi connectivity index (χ0v) is 16.4. The van der Waals surface area contributed by atoms with Crippen LogP contribution in [0.2, 0.25) is 0 Å². The second-order valence-corrected chi connectivity index (χ2v) is 7.74. The highest BCUT2D eigenvalue weighted by Crippen LogP contribution is 2.48. The monoisotopic (exact) mass is 416 g/mol.